The fourth-order valence-corrected chi connectivity index (χ4v) is 0.930. The Morgan fingerprint density at radius 3 is 3.12 bits per heavy atom. The van der Waals surface area contributed by atoms with Crippen molar-refractivity contribution in [2.45, 2.75) is 12.8 Å². The van der Waals surface area contributed by atoms with Gasteiger partial charge in [-0.2, -0.15) is 4.98 Å². The lowest BCUT2D eigenvalue weighted by Crippen LogP contribution is -2.32. The summed E-state index contributed by atoms with van der Waals surface area (Å²) in [6.45, 7) is 0.482. The van der Waals surface area contributed by atoms with Crippen LogP contribution in [0.2, 0.25) is 0 Å². The highest BCUT2D eigenvalue weighted by molar-refractivity contribution is 5.75. The Morgan fingerprint density at radius 1 is 1.69 bits per heavy atom. The van der Waals surface area contributed by atoms with Crippen LogP contribution in [0.4, 0.5) is 0 Å². The molecule has 0 aliphatic carbocycles. The number of rotatable bonds is 6. The molecular weight excluding hydrogens is 214 g/mol. The van der Waals surface area contributed by atoms with E-state index in [1.807, 2.05) is 0 Å². The van der Waals surface area contributed by atoms with E-state index < -0.39 is 0 Å². The van der Waals surface area contributed by atoms with Crippen molar-refractivity contribution in [2.24, 2.45) is 5.73 Å². The first kappa shape index (κ1) is 12.0. The molecule has 1 heterocycles. The Balaban J connectivity index is 2.04. The van der Waals surface area contributed by atoms with Gasteiger partial charge in [-0.05, 0) is 0 Å². The lowest BCUT2D eigenvalue weighted by atomic mass is 10.4. The van der Waals surface area contributed by atoms with Crippen molar-refractivity contribution in [3.05, 3.63) is 12.2 Å². The molecule has 0 atom stereocenters. The molecule has 0 radical (unpaired) electrons. The summed E-state index contributed by atoms with van der Waals surface area (Å²) in [4.78, 5) is 14.9. The molecule has 1 aromatic heterocycles. The molecule has 8 heteroatoms. The first-order valence-electron chi connectivity index (χ1n) is 4.67. The third-order valence-corrected chi connectivity index (χ3v) is 1.63. The molecule has 8 nitrogen and oxygen atoms in total. The maximum absolute atomic E-state index is 11.1. The van der Waals surface area contributed by atoms with Crippen LogP contribution in [0.25, 0.3) is 0 Å². The Bertz CT molecular complexity index is 337. The van der Waals surface area contributed by atoms with Crippen LogP contribution in [0, 0.1) is 5.41 Å². The number of ether oxygens (including phenoxy) is 1. The predicted molar refractivity (Wildman–Crippen MR) is 53.5 cm³/mol. The lowest BCUT2D eigenvalue weighted by Gasteiger charge is -2.04. The first-order chi connectivity index (χ1) is 7.68. The quantitative estimate of drug-likeness (QED) is 0.324. The van der Waals surface area contributed by atoms with Crippen LogP contribution < -0.4 is 11.1 Å². The van der Waals surface area contributed by atoms with Crippen molar-refractivity contribution in [1.82, 2.24) is 15.5 Å². The van der Waals surface area contributed by atoms with Gasteiger partial charge in [0.15, 0.2) is 12.3 Å². The summed E-state index contributed by atoms with van der Waals surface area (Å²) in [7, 11) is 0. The molecule has 0 aliphatic rings. The average Bonchev–Trinajstić information content (AvgIpc) is 2.70. The van der Waals surface area contributed by atoms with Crippen molar-refractivity contribution in [2.75, 3.05) is 13.2 Å². The normalized spacial score (nSPS) is 9.75. The lowest BCUT2D eigenvalue weighted by molar-refractivity contribution is -0.143. The van der Waals surface area contributed by atoms with Gasteiger partial charge in [-0.1, -0.05) is 5.16 Å². The highest BCUT2D eigenvalue weighted by Gasteiger charge is 2.04. The summed E-state index contributed by atoms with van der Waals surface area (Å²) < 4.78 is 9.60. The van der Waals surface area contributed by atoms with Crippen LogP contribution >= 0.6 is 0 Å². The van der Waals surface area contributed by atoms with E-state index in [1.165, 1.54) is 6.33 Å². The third kappa shape index (κ3) is 4.94. The van der Waals surface area contributed by atoms with Gasteiger partial charge in [0.2, 0.25) is 5.89 Å². The molecule has 1 rings (SSSR count). The number of nitrogens with two attached hydrogens (primary N) is 1. The van der Waals surface area contributed by atoms with Crippen molar-refractivity contribution in [3.63, 3.8) is 0 Å². The standard InChI is InChI=1S/C8H13N5O3/c9-8(10)11-3-1-7(14)15-4-2-6-12-5-13-16-6/h5H,1-4H2,(H4,9,10,11). The van der Waals surface area contributed by atoms with E-state index in [9.17, 15) is 4.79 Å². The molecule has 0 fully saturated rings. The van der Waals surface area contributed by atoms with E-state index >= 15 is 0 Å². The minimum Gasteiger partial charge on any atom is -0.465 e. The van der Waals surface area contributed by atoms with Gasteiger partial charge < -0.3 is 20.3 Å². The zero-order valence-electron chi connectivity index (χ0n) is 8.60. The van der Waals surface area contributed by atoms with Gasteiger partial charge in [0, 0.05) is 6.54 Å². The Hall–Kier alpha value is -2.12. The second-order valence-corrected chi connectivity index (χ2v) is 2.90. The molecule has 1 aromatic rings. The number of nitrogens with zero attached hydrogens (tertiary/aromatic N) is 2. The molecule has 0 saturated carbocycles. The molecule has 0 bridgehead atoms. The van der Waals surface area contributed by atoms with Gasteiger partial charge in [0.05, 0.1) is 12.8 Å². The molecule has 0 aliphatic heterocycles. The summed E-state index contributed by atoms with van der Waals surface area (Å²) in [5.41, 5.74) is 5.04. The largest absolute Gasteiger partial charge is 0.465 e. The van der Waals surface area contributed by atoms with Gasteiger partial charge in [-0.3, -0.25) is 10.2 Å². The Kier molecular flexibility index (Phi) is 4.77. The summed E-state index contributed by atoms with van der Waals surface area (Å²) in [6, 6.07) is 0. The monoisotopic (exact) mass is 227 g/mol. The van der Waals surface area contributed by atoms with Gasteiger partial charge >= 0.3 is 5.97 Å². The zero-order valence-corrected chi connectivity index (χ0v) is 8.60. The van der Waals surface area contributed by atoms with Crippen molar-refractivity contribution in [1.29, 1.82) is 5.41 Å². The fraction of sp³-hybridized carbons (Fsp3) is 0.500. The number of aromatic nitrogens is 2. The highest BCUT2D eigenvalue weighted by atomic mass is 16.5. The number of guanidine groups is 1. The van der Waals surface area contributed by atoms with E-state index in [0.29, 0.717) is 12.3 Å². The van der Waals surface area contributed by atoms with Crippen molar-refractivity contribution in [3.8, 4) is 0 Å². The van der Waals surface area contributed by atoms with E-state index in [2.05, 4.69) is 15.5 Å². The van der Waals surface area contributed by atoms with Crippen LogP contribution in [-0.4, -0.2) is 35.2 Å². The van der Waals surface area contributed by atoms with E-state index in [-0.39, 0.29) is 31.5 Å². The van der Waals surface area contributed by atoms with Crippen LogP contribution in [0.5, 0.6) is 0 Å². The second kappa shape index (κ2) is 6.38. The summed E-state index contributed by atoms with van der Waals surface area (Å²) >= 11 is 0. The molecule has 16 heavy (non-hydrogen) atoms. The third-order valence-electron chi connectivity index (χ3n) is 1.63. The predicted octanol–water partition coefficient (Wildman–Crippen LogP) is -0.972. The fourth-order valence-electron chi connectivity index (χ4n) is 0.930. The van der Waals surface area contributed by atoms with Gasteiger partial charge in [0.25, 0.3) is 0 Å². The number of hydrogen-bond acceptors (Lipinski definition) is 6. The molecule has 0 unspecified atom stereocenters. The van der Waals surface area contributed by atoms with Crippen molar-refractivity contribution >= 4 is 11.9 Å². The minimum absolute atomic E-state index is 0.156. The van der Waals surface area contributed by atoms with Crippen LogP contribution in [0.3, 0.4) is 0 Å². The number of hydrogen-bond donors (Lipinski definition) is 3. The van der Waals surface area contributed by atoms with Crippen LogP contribution in [0.1, 0.15) is 12.3 Å². The molecule has 0 saturated heterocycles. The molecule has 0 aromatic carbocycles. The second-order valence-electron chi connectivity index (χ2n) is 2.90. The highest BCUT2D eigenvalue weighted by Crippen LogP contribution is 1.94. The molecule has 4 N–H and O–H groups in total. The van der Waals surface area contributed by atoms with Crippen molar-refractivity contribution < 1.29 is 14.1 Å². The SMILES string of the molecule is N=C(N)NCCC(=O)OCCc1ncno1. The zero-order chi connectivity index (χ0) is 11.8. The van der Waals surface area contributed by atoms with Crippen LogP contribution in [-0.2, 0) is 16.0 Å². The molecule has 88 valence electrons. The molecule has 0 amide bonds. The Labute approximate surface area is 91.7 Å². The topological polar surface area (TPSA) is 127 Å². The van der Waals surface area contributed by atoms with E-state index in [0.717, 1.165) is 0 Å². The van der Waals surface area contributed by atoms with Gasteiger partial charge in [0.1, 0.15) is 6.61 Å². The van der Waals surface area contributed by atoms with Gasteiger partial charge in [-0.15, -0.1) is 0 Å². The van der Waals surface area contributed by atoms with Gasteiger partial charge in [-0.25, -0.2) is 0 Å². The number of nitrogens with one attached hydrogen (secondary N) is 2. The first-order valence-corrected chi connectivity index (χ1v) is 4.67. The molecular formula is C8H13N5O3. The summed E-state index contributed by atoms with van der Waals surface area (Å²) in [5, 5.41) is 12.8. The molecule has 0 spiro atoms. The Morgan fingerprint density at radius 2 is 2.50 bits per heavy atom. The number of carbonyl (C=O) groups excluding carboxylic acids is 1. The summed E-state index contributed by atoms with van der Waals surface area (Å²) in [5.74, 6) is -0.110. The number of carbonyl (C=O) groups is 1. The average molecular weight is 227 g/mol. The minimum atomic E-state index is -0.367. The van der Waals surface area contributed by atoms with Crippen LogP contribution in [0.15, 0.2) is 10.9 Å². The maximum atomic E-state index is 11.1. The summed E-state index contributed by atoms with van der Waals surface area (Å²) in [6.07, 6.45) is 1.84. The maximum Gasteiger partial charge on any atom is 0.307 e. The van der Waals surface area contributed by atoms with E-state index in [1.54, 1.807) is 0 Å². The smallest absolute Gasteiger partial charge is 0.307 e. The van der Waals surface area contributed by atoms with E-state index in [4.69, 9.17) is 20.4 Å². The number of esters is 1.